The second kappa shape index (κ2) is 6.21. The van der Waals surface area contributed by atoms with Gasteiger partial charge >= 0.3 is 5.97 Å². The fraction of sp³-hybridized carbons (Fsp3) is 0.917. The van der Waals surface area contributed by atoms with Crippen molar-refractivity contribution in [1.29, 1.82) is 0 Å². The molecule has 0 spiro atoms. The molecule has 1 N–H and O–H groups in total. The van der Waals surface area contributed by atoms with Crippen molar-refractivity contribution in [3.05, 3.63) is 0 Å². The van der Waals surface area contributed by atoms with E-state index < -0.39 is 0 Å². The third kappa shape index (κ3) is 3.76. The van der Waals surface area contributed by atoms with Crippen molar-refractivity contribution in [2.24, 2.45) is 5.92 Å². The van der Waals surface area contributed by atoms with Gasteiger partial charge in [0.05, 0.1) is 6.10 Å². The Bertz CT molecular complexity index is 220. The molecule has 0 amide bonds. The molecular formula is C12H21NO3. The lowest BCUT2D eigenvalue weighted by molar-refractivity contribution is -0.148. The summed E-state index contributed by atoms with van der Waals surface area (Å²) in [6.07, 6.45) is 5.13. The number of rotatable bonds is 4. The Morgan fingerprint density at radius 1 is 1.38 bits per heavy atom. The number of piperidine rings is 1. The van der Waals surface area contributed by atoms with Crippen LogP contribution in [0, 0.1) is 5.92 Å². The molecule has 16 heavy (non-hydrogen) atoms. The Kier molecular flexibility index (Phi) is 4.60. The van der Waals surface area contributed by atoms with Gasteiger partial charge in [-0.05, 0) is 44.7 Å². The van der Waals surface area contributed by atoms with Crippen LogP contribution in [0.25, 0.3) is 0 Å². The molecule has 92 valence electrons. The van der Waals surface area contributed by atoms with E-state index in [0.717, 1.165) is 39.0 Å². The number of ether oxygens (including phenoxy) is 2. The highest BCUT2D eigenvalue weighted by Crippen LogP contribution is 2.16. The van der Waals surface area contributed by atoms with Crippen LogP contribution < -0.4 is 5.32 Å². The zero-order valence-corrected chi connectivity index (χ0v) is 9.74. The normalized spacial score (nSPS) is 30.2. The molecule has 0 bridgehead atoms. The van der Waals surface area contributed by atoms with Gasteiger partial charge in [0.15, 0.2) is 0 Å². The summed E-state index contributed by atoms with van der Waals surface area (Å²) in [6.45, 7) is 3.30. The Labute approximate surface area is 96.7 Å². The number of hydrogen-bond acceptors (Lipinski definition) is 4. The van der Waals surface area contributed by atoms with Gasteiger partial charge in [-0.3, -0.25) is 4.79 Å². The monoisotopic (exact) mass is 227 g/mol. The smallest absolute Gasteiger partial charge is 0.306 e. The summed E-state index contributed by atoms with van der Waals surface area (Å²) in [5.41, 5.74) is 0. The van der Waals surface area contributed by atoms with Crippen LogP contribution in [0.1, 0.15) is 32.1 Å². The summed E-state index contributed by atoms with van der Waals surface area (Å²) in [7, 11) is 0. The summed E-state index contributed by atoms with van der Waals surface area (Å²) in [4.78, 5) is 11.6. The standard InChI is InChI=1S/C12H21NO3/c14-12(7-10-3-1-5-13-8-10)16-9-11-4-2-6-15-11/h10-11,13H,1-9H2. The van der Waals surface area contributed by atoms with Gasteiger partial charge in [0, 0.05) is 13.0 Å². The summed E-state index contributed by atoms with van der Waals surface area (Å²) < 4.78 is 10.6. The molecule has 0 aliphatic carbocycles. The summed E-state index contributed by atoms with van der Waals surface area (Å²) in [6, 6.07) is 0. The molecule has 0 saturated carbocycles. The van der Waals surface area contributed by atoms with Crippen LogP contribution in [0.5, 0.6) is 0 Å². The maximum atomic E-state index is 11.6. The molecule has 0 aromatic carbocycles. The number of carbonyl (C=O) groups is 1. The van der Waals surface area contributed by atoms with E-state index >= 15 is 0 Å². The predicted octanol–water partition coefficient (Wildman–Crippen LogP) is 1.10. The van der Waals surface area contributed by atoms with Gasteiger partial charge < -0.3 is 14.8 Å². The van der Waals surface area contributed by atoms with Crippen LogP contribution in [0.4, 0.5) is 0 Å². The maximum absolute atomic E-state index is 11.6. The van der Waals surface area contributed by atoms with Gasteiger partial charge in [-0.2, -0.15) is 0 Å². The number of carbonyl (C=O) groups excluding carboxylic acids is 1. The van der Waals surface area contributed by atoms with Gasteiger partial charge in [0.2, 0.25) is 0 Å². The van der Waals surface area contributed by atoms with E-state index in [0.29, 0.717) is 18.9 Å². The number of esters is 1. The Morgan fingerprint density at radius 2 is 2.31 bits per heavy atom. The van der Waals surface area contributed by atoms with Crippen LogP contribution in [-0.2, 0) is 14.3 Å². The number of hydrogen-bond donors (Lipinski definition) is 1. The Hall–Kier alpha value is -0.610. The molecule has 2 unspecified atom stereocenters. The van der Waals surface area contributed by atoms with Crippen molar-refractivity contribution >= 4 is 5.97 Å². The lowest BCUT2D eigenvalue weighted by atomic mass is 9.96. The highest BCUT2D eigenvalue weighted by molar-refractivity contribution is 5.69. The van der Waals surface area contributed by atoms with E-state index in [2.05, 4.69) is 5.32 Å². The molecule has 2 aliphatic heterocycles. The maximum Gasteiger partial charge on any atom is 0.306 e. The first-order valence-corrected chi connectivity index (χ1v) is 6.32. The lowest BCUT2D eigenvalue weighted by Crippen LogP contribution is -2.31. The molecule has 2 saturated heterocycles. The average molecular weight is 227 g/mol. The fourth-order valence-corrected chi connectivity index (χ4v) is 2.35. The largest absolute Gasteiger partial charge is 0.463 e. The first kappa shape index (κ1) is 11.9. The molecule has 4 heteroatoms. The van der Waals surface area contributed by atoms with Crippen molar-refractivity contribution < 1.29 is 14.3 Å². The summed E-state index contributed by atoms with van der Waals surface area (Å²) in [5, 5.41) is 3.30. The van der Waals surface area contributed by atoms with Gasteiger partial charge in [0.25, 0.3) is 0 Å². The van der Waals surface area contributed by atoms with Crippen molar-refractivity contribution in [2.75, 3.05) is 26.3 Å². The molecule has 2 aliphatic rings. The molecule has 2 fully saturated rings. The van der Waals surface area contributed by atoms with E-state index in [1.165, 1.54) is 6.42 Å². The summed E-state index contributed by atoms with van der Waals surface area (Å²) >= 11 is 0. The van der Waals surface area contributed by atoms with Crippen molar-refractivity contribution in [1.82, 2.24) is 5.32 Å². The third-order valence-corrected chi connectivity index (χ3v) is 3.31. The SMILES string of the molecule is O=C(CC1CCCNC1)OCC1CCCO1. The highest BCUT2D eigenvalue weighted by Gasteiger charge is 2.20. The van der Waals surface area contributed by atoms with Crippen LogP contribution in [-0.4, -0.2) is 38.4 Å². The van der Waals surface area contributed by atoms with E-state index in [9.17, 15) is 4.79 Å². The van der Waals surface area contributed by atoms with Gasteiger partial charge in [-0.1, -0.05) is 0 Å². The third-order valence-electron chi connectivity index (χ3n) is 3.31. The van der Waals surface area contributed by atoms with E-state index in [1.807, 2.05) is 0 Å². The molecule has 0 radical (unpaired) electrons. The minimum absolute atomic E-state index is 0.0656. The van der Waals surface area contributed by atoms with Gasteiger partial charge in [-0.25, -0.2) is 0 Å². The average Bonchev–Trinajstić information content (AvgIpc) is 2.81. The zero-order valence-electron chi connectivity index (χ0n) is 9.74. The summed E-state index contributed by atoms with van der Waals surface area (Å²) in [5.74, 6) is 0.398. The van der Waals surface area contributed by atoms with E-state index in [4.69, 9.17) is 9.47 Å². The zero-order chi connectivity index (χ0) is 11.2. The second-order valence-corrected chi connectivity index (χ2v) is 4.73. The molecular weight excluding hydrogens is 206 g/mol. The predicted molar refractivity (Wildman–Crippen MR) is 60.1 cm³/mol. The van der Waals surface area contributed by atoms with Crippen molar-refractivity contribution in [2.45, 2.75) is 38.2 Å². The van der Waals surface area contributed by atoms with Gasteiger partial charge in [0.1, 0.15) is 6.61 Å². The first-order chi connectivity index (χ1) is 7.84. The molecule has 2 heterocycles. The fourth-order valence-electron chi connectivity index (χ4n) is 2.35. The van der Waals surface area contributed by atoms with E-state index in [1.54, 1.807) is 0 Å². The van der Waals surface area contributed by atoms with E-state index in [-0.39, 0.29) is 12.1 Å². The minimum Gasteiger partial charge on any atom is -0.463 e. The Morgan fingerprint density at radius 3 is 3.00 bits per heavy atom. The Balaban J connectivity index is 1.59. The van der Waals surface area contributed by atoms with Crippen LogP contribution in [0.3, 0.4) is 0 Å². The van der Waals surface area contributed by atoms with Crippen LogP contribution >= 0.6 is 0 Å². The second-order valence-electron chi connectivity index (χ2n) is 4.73. The molecule has 2 atom stereocenters. The topological polar surface area (TPSA) is 47.6 Å². The molecule has 4 nitrogen and oxygen atoms in total. The quantitative estimate of drug-likeness (QED) is 0.731. The van der Waals surface area contributed by atoms with Crippen molar-refractivity contribution in [3.63, 3.8) is 0 Å². The molecule has 0 aromatic heterocycles. The first-order valence-electron chi connectivity index (χ1n) is 6.32. The highest BCUT2D eigenvalue weighted by atomic mass is 16.6. The molecule has 0 aromatic rings. The van der Waals surface area contributed by atoms with Crippen molar-refractivity contribution in [3.8, 4) is 0 Å². The van der Waals surface area contributed by atoms with Crippen LogP contribution in [0.2, 0.25) is 0 Å². The molecule has 2 rings (SSSR count). The lowest BCUT2D eigenvalue weighted by Gasteiger charge is -2.22. The minimum atomic E-state index is -0.0656. The van der Waals surface area contributed by atoms with Gasteiger partial charge in [-0.15, -0.1) is 0 Å². The van der Waals surface area contributed by atoms with Crippen LogP contribution in [0.15, 0.2) is 0 Å². The number of nitrogens with one attached hydrogen (secondary N) is 1.